The Balaban J connectivity index is 1.77. The van der Waals surface area contributed by atoms with Crippen molar-refractivity contribution < 1.29 is 14.4 Å². The molecule has 7 atom stereocenters. The van der Waals surface area contributed by atoms with Gasteiger partial charge >= 0.3 is 0 Å². The minimum Gasteiger partial charge on any atom is -0.616 e. The van der Waals surface area contributed by atoms with Gasteiger partial charge in [0.05, 0.1) is 13.0 Å². The first-order chi connectivity index (χ1) is 12.1. The van der Waals surface area contributed by atoms with Crippen LogP contribution < -0.4 is 0 Å². The molecule has 26 heavy (non-hydrogen) atoms. The molecule has 0 amide bonds. The van der Waals surface area contributed by atoms with E-state index in [2.05, 4.69) is 27.7 Å². The largest absolute Gasteiger partial charge is 0.616 e. The third-order valence-electron chi connectivity index (χ3n) is 8.69. The lowest BCUT2D eigenvalue weighted by Gasteiger charge is -2.65. The number of hydrogen-bond acceptors (Lipinski definition) is 3. The topological polar surface area (TPSA) is 52.5 Å². The molecule has 2 saturated carbocycles. The Bertz CT molecular complexity index is 654. The number of allylic oxidation sites excluding steroid dienone is 2. The zero-order chi connectivity index (χ0) is 18.9. The number of fused-ring (bicyclic) bond motifs is 5. The fraction of sp³-hybridized carbons (Fsp3) is 0.818. The molecule has 0 spiro atoms. The van der Waals surface area contributed by atoms with E-state index >= 15 is 0 Å². The molecule has 3 fully saturated rings. The summed E-state index contributed by atoms with van der Waals surface area (Å²) in [5.41, 5.74) is 0.592. The van der Waals surface area contributed by atoms with E-state index in [4.69, 9.17) is 4.74 Å². The van der Waals surface area contributed by atoms with Crippen LogP contribution in [0.15, 0.2) is 23.7 Å². The highest BCUT2D eigenvalue weighted by atomic mass is 32.2. The minimum atomic E-state index is -0.967. The monoisotopic (exact) mass is 378 g/mol. The summed E-state index contributed by atoms with van der Waals surface area (Å²) < 4.78 is 18.6. The van der Waals surface area contributed by atoms with Crippen LogP contribution in [0.2, 0.25) is 0 Å². The summed E-state index contributed by atoms with van der Waals surface area (Å²) in [6.07, 6.45) is 9.90. The van der Waals surface area contributed by atoms with Crippen molar-refractivity contribution in [2.24, 2.45) is 34.0 Å². The van der Waals surface area contributed by atoms with E-state index in [0.29, 0.717) is 28.8 Å². The lowest BCUT2D eigenvalue weighted by atomic mass is 9.41. The van der Waals surface area contributed by atoms with E-state index in [1.54, 1.807) is 13.2 Å². The average molecular weight is 379 g/mol. The van der Waals surface area contributed by atoms with Crippen molar-refractivity contribution in [1.29, 1.82) is 0 Å². The van der Waals surface area contributed by atoms with Crippen molar-refractivity contribution in [3.8, 4) is 0 Å². The number of rotatable bonds is 1. The van der Waals surface area contributed by atoms with E-state index in [1.807, 2.05) is 6.08 Å². The van der Waals surface area contributed by atoms with Gasteiger partial charge in [0.25, 0.3) is 0 Å². The summed E-state index contributed by atoms with van der Waals surface area (Å²) in [5, 5.41) is 10.8. The van der Waals surface area contributed by atoms with Crippen molar-refractivity contribution in [1.82, 2.24) is 0 Å². The van der Waals surface area contributed by atoms with Crippen LogP contribution in [0.25, 0.3) is 0 Å². The summed E-state index contributed by atoms with van der Waals surface area (Å²) >= 11 is -0.967. The number of hydrogen-bond donors (Lipinski definition) is 1. The molecule has 3 nitrogen and oxygen atoms in total. The zero-order valence-electron chi connectivity index (χ0n) is 16.9. The van der Waals surface area contributed by atoms with Gasteiger partial charge in [-0.05, 0) is 59.0 Å². The van der Waals surface area contributed by atoms with Gasteiger partial charge in [0.1, 0.15) is 22.5 Å². The molecule has 1 N–H and O–H groups in total. The SMILES string of the molecule is COC1=CC2C(C(O)=C1)[C@]1(C)CC[C@H]3C(C)(C)CCC[C@]3(C)C1C[S+]2[O-]. The molecule has 1 saturated heterocycles. The Labute approximate surface area is 161 Å². The Hall–Kier alpha value is -0.610. The number of aliphatic hydroxyl groups excluding tert-OH is 1. The smallest absolute Gasteiger partial charge is 0.148 e. The van der Waals surface area contributed by atoms with Gasteiger partial charge in [0, 0.05) is 18.1 Å². The standard InChI is InChI=1S/C22H34O3S/c1-20(2)8-6-9-21(3)17(20)7-10-22(4)18(21)13-26(24)16-12-14(25-5)11-15(23)19(16)22/h11-12,16-19,23H,6-10,13H2,1-5H3/t16?,17-,18?,19?,21-,22+,26?/m0/s1. The van der Waals surface area contributed by atoms with Crippen molar-refractivity contribution in [2.75, 3.05) is 12.9 Å². The molecule has 0 aromatic heterocycles. The van der Waals surface area contributed by atoms with Crippen molar-refractivity contribution >= 4 is 11.2 Å². The van der Waals surface area contributed by atoms with Gasteiger partial charge in [-0.25, -0.2) is 0 Å². The van der Waals surface area contributed by atoms with E-state index in [9.17, 15) is 9.66 Å². The highest BCUT2D eigenvalue weighted by Gasteiger charge is 2.66. The first-order valence-electron chi connectivity index (χ1n) is 10.2. The van der Waals surface area contributed by atoms with Gasteiger partial charge < -0.3 is 14.4 Å². The molecule has 146 valence electrons. The first-order valence-corrected chi connectivity index (χ1v) is 11.6. The molecule has 0 aromatic carbocycles. The van der Waals surface area contributed by atoms with Gasteiger partial charge in [0.15, 0.2) is 0 Å². The summed E-state index contributed by atoms with van der Waals surface area (Å²) in [4.78, 5) is 0. The molecule has 1 heterocycles. The van der Waals surface area contributed by atoms with Crippen molar-refractivity contribution in [2.45, 2.75) is 65.0 Å². The lowest BCUT2D eigenvalue weighted by molar-refractivity contribution is -0.140. The van der Waals surface area contributed by atoms with Crippen LogP contribution in [-0.2, 0) is 15.9 Å². The molecular formula is C22H34O3S. The third kappa shape index (κ3) is 2.44. The fourth-order valence-electron chi connectivity index (χ4n) is 7.49. The predicted molar refractivity (Wildman–Crippen MR) is 106 cm³/mol. The molecule has 3 aliphatic carbocycles. The van der Waals surface area contributed by atoms with Crippen LogP contribution >= 0.6 is 0 Å². The fourth-order valence-corrected chi connectivity index (χ4v) is 9.84. The second kappa shape index (κ2) is 5.94. The Morgan fingerprint density at radius 2 is 1.85 bits per heavy atom. The van der Waals surface area contributed by atoms with Gasteiger partial charge in [-0.1, -0.05) is 34.1 Å². The highest BCUT2D eigenvalue weighted by molar-refractivity contribution is 7.92. The number of methoxy groups -OCH3 is 1. The third-order valence-corrected chi connectivity index (χ3v) is 10.4. The Morgan fingerprint density at radius 1 is 1.12 bits per heavy atom. The van der Waals surface area contributed by atoms with Crippen LogP contribution in [0.5, 0.6) is 0 Å². The van der Waals surface area contributed by atoms with Crippen LogP contribution in [0.3, 0.4) is 0 Å². The first kappa shape index (κ1) is 18.7. The molecule has 4 heteroatoms. The molecule has 0 radical (unpaired) electrons. The lowest BCUT2D eigenvalue weighted by Crippen LogP contribution is -2.64. The number of aliphatic hydroxyl groups is 1. The Morgan fingerprint density at radius 3 is 2.54 bits per heavy atom. The molecule has 0 aromatic rings. The normalized spacial score (nSPS) is 49.8. The molecule has 4 rings (SSSR count). The molecule has 1 aliphatic heterocycles. The summed E-state index contributed by atoms with van der Waals surface area (Å²) in [5.74, 6) is 2.86. The second-order valence-electron chi connectivity index (χ2n) is 10.3. The summed E-state index contributed by atoms with van der Waals surface area (Å²) in [6.45, 7) is 9.71. The van der Waals surface area contributed by atoms with E-state index < -0.39 is 11.2 Å². The van der Waals surface area contributed by atoms with Crippen molar-refractivity contribution in [3.05, 3.63) is 23.7 Å². The number of ether oxygens (including phenoxy) is 1. The van der Waals surface area contributed by atoms with Crippen LogP contribution in [-0.4, -0.2) is 27.8 Å². The zero-order valence-corrected chi connectivity index (χ0v) is 17.7. The van der Waals surface area contributed by atoms with E-state index in [0.717, 1.165) is 12.2 Å². The molecule has 4 aliphatic rings. The summed E-state index contributed by atoms with van der Waals surface area (Å²) in [6, 6.07) is 0. The minimum absolute atomic E-state index is 0.00754. The van der Waals surface area contributed by atoms with Gasteiger partial charge in [0.2, 0.25) is 0 Å². The highest BCUT2D eigenvalue weighted by Crippen LogP contribution is 2.68. The van der Waals surface area contributed by atoms with Crippen LogP contribution in [0, 0.1) is 34.0 Å². The average Bonchev–Trinajstić information content (AvgIpc) is 2.55. The van der Waals surface area contributed by atoms with Gasteiger partial charge in [-0.3, -0.25) is 0 Å². The van der Waals surface area contributed by atoms with Crippen LogP contribution in [0.4, 0.5) is 0 Å². The molecule has 0 bridgehead atoms. The van der Waals surface area contributed by atoms with Gasteiger partial charge in [-0.15, -0.1) is 0 Å². The van der Waals surface area contributed by atoms with E-state index in [-0.39, 0.29) is 22.0 Å². The molecular weight excluding hydrogens is 344 g/mol. The molecule has 4 unspecified atom stereocenters. The summed E-state index contributed by atoms with van der Waals surface area (Å²) in [7, 11) is 1.61. The van der Waals surface area contributed by atoms with Crippen molar-refractivity contribution in [3.63, 3.8) is 0 Å². The maximum atomic E-state index is 13.3. The quantitative estimate of drug-likeness (QED) is 0.656. The van der Waals surface area contributed by atoms with E-state index in [1.165, 1.54) is 25.7 Å². The Kier molecular flexibility index (Phi) is 4.28. The second-order valence-corrected chi connectivity index (χ2v) is 12.0. The predicted octanol–water partition coefficient (Wildman–Crippen LogP) is 4.97. The van der Waals surface area contributed by atoms with Crippen LogP contribution in [0.1, 0.15) is 59.8 Å². The maximum absolute atomic E-state index is 13.3. The maximum Gasteiger partial charge on any atom is 0.148 e. The van der Waals surface area contributed by atoms with Gasteiger partial charge in [-0.2, -0.15) is 0 Å².